The highest BCUT2D eigenvalue weighted by Gasteiger charge is 2.23. The third kappa shape index (κ3) is 75.1. The second-order valence-corrected chi connectivity index (χ2v) is 43.9. The van der Waals surface area contributed by atoms with Crippen LogP contribution in [0.5, 0.6) is 0 Å². The number of halogens is 1. The Morgan fingerprint density at radius 1 is 0.293 bits per heavy atom. The molecule has 0 unspecified atom stereocenters. The molecule has 13 heterocycles. The van der Waals surface area contributed by atoms with E-state index in [1.54, 1.807) is 30.9 Å². The molecule has 8 N–H and O–H groups in total. The molecule has 150 heavy (non-hydrogen) atoms. The maximum Gasteiger partial charge on any atom is 0.129 e. The zero-order valence-electron chi connectivity index (χ0n) is 98.7. The smallest absolute Gasteiger partial charge is 0.129 e. The molecule has 4 saturated heterocycles. The van der Waals surface area contributed by atoms with Crippen molar-refractivity contribution in [3.8, 4) is 0 Å². The van der Waals surface area contributed by atoms with Gasteiger partial charge in [0.15, 0.2) is 0 Å². The normalized spacial score (nSPS) is 14.1. The van der Waals surface area contributed by atoms with Crippen LogP contribution in [0.25, 0.3) is 0 Å². The molecule has 0 saturated carbocycles. The van der Waals surface area contributed by atoms with Crippen LogP contribution < -0.4 is 42.5 Å². The number of likely N-dealkylation sites (N-methyl/N-ethyl adjacent to an activating group) is 1. The van der Waals surface area contributed by atoms with E-state index in [1.165, 1.54) is 176 Å². The largest absolute Gasteiger partial charge is 0.314 e. The van der Waals surface area contributed by atoms with Crippen molar-refractivity contribution in [3.05, 3.63) is 305 Å². The standard InChI is InChI=1S/C16H26N2.C13H27N3.C11H18N2.4C10H16N2.C9H13ClN2.3C9H14N2.C8H18N2/c1-15(2)18-13-11-17(12-14-18)10-6-9-16-7-4-3-5-8-16;1-13(2)16-11-9-15(10-12-16)8-7-14-5-3-4-6-14;1-11(2,3)13(4)9-10-6-5-7-12-8-10;1-9(2)12-8-5-10-3-6-11-7-4-10;1-8(2)11-6-10-5-4-9(3)12-7-10;1-9(2)12-7-5-10-4-3-6-11-8-10;1-9(2)11-8-6-10-5-3-4-7-12-10;1-7(2)11-5-8-3-4-9(10)12-6-8;1-8(2)11-7-9-3-5-10-6-4-9;1-8(2)11-7-9-4-3-5-10-6-9;1-8(2)11-7-9-5-3-4-6-10-9;1-8(2)10-6-4-9(3)5-7-10/h3-5,7-8,15H,6,9-14H2,1-2H3;13H,3-12H2,1-2H3;5-8H,9H2,1-4H3;3-4,6-7,9,12H,5,8H2,1-2H3;4-5,7-8,11H,6H2,1-3H3;3-4,6,8-9,12H,5,7H2,1-2H3;3-5,7,9,11H,6,8H2,1-2H3;3-4,6-7,11H,5H2,1-2H3;3*3-6,8,11H,7H2,1-2H3;8H,4-7H2,1-3H3. The molecule has 25 nitrogen and oxygen atoms in total. The second kappa shape index (κ2) is 84.6. The number of benzene rings is 1. The number of pyridine rings is 9. The molecule has 0 amide bonds. The molecule has 4 fully saturated rings. The van der Waals surface area contributed by atoms with Crippen LogP contribution in [0.3, 0.4) is 0 Å². The summed E-state index contributed by atoms with van der Waals surface area (Å²) in [5, 5.41) is 27.2. The molecule has 0 atom stereocenters. The van der Waals surface area contributed by atoms with Gasteiger partial charge in [0.2, 0.25) is 0 Å². The van der Waals surface area contributed by atoms with Crippen LogP contribution in [0.15, 0.2) is 238 Å². The molecule has 0 bridgehead atoms. The van der Waals surface area contributed by atoms with Crippen LogP contribution in [0.2, 0.25) is 5.15 Å². The van der Waals surface area contributed by atoms with Crippen LogP contribution >= 0.6 is 11.6 Å². The highest BCUT2D eigenvalue weighted by Crippen LogP contribution is 2.17. The summed E-state index contributed by atoms with van der Waals surface area (Å²) in [7, 11) is 4.32. The van der Waals surface area contributed by atoms with Crippen molar-refractivity contribution >= 4 is 11.6 Å². The van der Waals surface area contributed by atoms with E-state index >= 15 is 0 Å². The Morgan fingerprint density at radius 3 is 1.04 bits per heavy atom. The Hall–Kier alpha value is -8.78. The van der Waals surface area contributed by atoms with Gasteiger partial charge in [-0.05, 0) is 278 Å². The Labute approximate surface area is 918 Å². The van der Waals surface area contributed by atoms with Crippen molar-refractivity contribution in [2.75, 3.05) is 145 Å². The van der Waals surface area contributed by atoms with Crippen molar-refractivity contribution in [1.82, 2.24) is 127 Å². The minimum absolute atomic E-state index is 0.218. The second-order valence-electron chi connectivity index (χ2n) is 43.5. The molecule has 26 heteroatoms. The number of piperazine rings is 3. The van der Waals surface area contributed by atoms with Crippen LogP contribution in [-0.2, 0) is 65.0 Å². The van der Waals surface area contributed by atoms with Gasteiger partial charge in [0.25, 0.3) is 0 Å². The minimum Gasteiger partial charge on any atom is -0.314 e. The van der Waals surface area contributed by atoms with E-state index in [-0.39, 0.29) is 5.54 Å². The maximum atomic E-state index is 5.64. The molecule has 9 aromatic heterocycles. The minimum atomic E-state index is 0.218. The molecule has 0 aliphatic carbocycles. The van der Waals surface area contributed by atoms with Crippen LogP contribution in [0.4, 0.5) is 0 Å². The van der Waals surface area contributed by atoms with Gasteiger partial charge in [-0.2, -0.15) is 0 Å². The predicted octanol–water partition coefficient (Wildman–Crippen LogP) is 20.4. The van der Waals surface area contributed by atoms with Crippen LogP contribution in [0.1, 0.15) is 254 Å². The summed E-state index contributed by atoms with van der Waals surface area (Å²) in [5.74, 6) is 0. The van der Waals surface area contributed by atoms with E-state index in [4.69, 9.17) is 11.6 Å². The van der Waals surface area contributed by atoms with Crippen molar-refractivity contribution in [2.45, 2.75) is 336 Å². The lowest BCUT2D eigenvalue weighted by Gasteiger charge is -2.37. The van der Waals surface area contributed by atoms with E-state index in [9.17, 15) is 0 Å². The first-order chi connectivity index (χ1) is 71.8. The van der Waals surface area contributed by atoms with Gasteiger partial charge >= 0.3 is 0 Å². The first-order valence-electron chi connectivity index (χ1n) is 56.3. The molecular formula is C124H208ClN25. The Kier molecular flexibility index (Phi) is 76.4. The Bertz CT molecular complexity index is 4350. The van der Waals surface area contributed by atoms with E-state index in [0.717, 1.165) is 113 Å². The fourth-order valence-corrected chi connectivity index (χ4v) is 15.3. The zero-order chi connectivity index (χ0) is 110. The lowest BCUT2D eigenvalue weighted by atomic mass is 10.1. The molecule has 1 aromatic carbocycles. The molecule has 4 aliphatic rings. The number of likely N-dealkylation sites (tertiary alicyclic amines) is 1. The SMILES string of the molecule is CC(C)N1CCN(C)CC1.CC(C)N1CCN(CCCc2ccccc2)CC1.CC(C)N1CCN(CCN2CCCC2)CC1.CC(C)NCCc1ccccn1.CC(C)NCCc1cccnc1.CC(C)NCCc1ccncc1.CC(C)NCc1ccc(Cl)nc1.CC(C)NCc1ccccn1.CC(C)NCc1cccnc1.CC(C)NCc1ccncc1.CN(Cc1cccnc1)C(C)(C)C.Cc1ccc(CNC(C)C)cn1. The van der Waals surface area contributed by atoms with Crippen LogP contribution in [-0.4, -0.2) is 301 Å². The lowest BCUT2D eigenvalue weighted by molar-refractivity contribution is 0.101. The maximum absolute atomic E-state index is 5.64. The summed E-state index contributed by atoms with van der Waals surface area (Å²) in [6.45, 7) is 86.6. The summed E-state index contributed by atoms with van der Waals surface area (Å²) in [6.07, 6.45) is 34.3. The van der Waals surface area contributed by atoms with E-state index in [0.29, 0.717) is 59.5 Å². The Balaban J connectivity index is 0.000000422. The number of hydrogen-bond acceptors (Lipinski definition) is 25. The fraction of sp³-hybridized carbons (Fsp3) is 0.589. The topological polar surface area (TPSA) is 238 Å². The number of aryl methyl sites for hydroxylation is 2. The summed E-state index contributed by atoms with van der Waals surface area (Å²) >= 11 is 5.64. The molecule has 10 aromatic rings. The Morgan fingerprint density at radius 2 is 0.647 bits per heavy atom. The van der Waals surface area contributed by atoms with Gasteiger partial charge in [0, 0.05) is 314 Å². The van der Waals surface area contributed by atoms with Gasteiger partial charge in [0.05, 0.1) is 5.69 Å². The van der Waals surface area contributed by atoms with Gasteiger partial charge in [-0.3, -0.25) is 64.4 Å². The third-order valence-electron chi connectivity index (χ3n) is 25.1. The molecule has 836 valence electrons. The summed E-state index contributed by atoms with van der Waals surface area (Å²) < 4.78 is 0. The average Bonchev–Trinajstić information content (AvgIpc) is 1.31. The highest BCUT2D eigenvalue weighted by atomic mass is 35.5. The van der Waals surface area contributed by atoms with Gasteiger partial charge in [-0.25, -0.2) is 4.98 Å². The summed E-state index contributed by atoms with van der Waals surface area (Å²) in [6, 6.07) is 57.6. The number of rotatable bonds is 39. The molecule has 0 radical (unpaired) electrons. The number of aromatic nitrogens is 9. The highest BCUT2D eigenvalue weighted by molar-refractivity contribution is 6.29. The van der Waals surface area contributed by atoms with Crippen molar-refractivity contribution in [1.29, 1.82) is 0 Å². The van der Waals surface area contributed by atoms with E-state index < -0.39 is 0 Å². The monoisotopic (exact) mass is 2080 g/mol. The third-order valence-corrected chi connectivity index (χ3v) is 25.3. The van der Waals surface area contributed by atoms with Crippen molar-refractivity contribution < 1.29 is 0 Å². The molecular weight excluding hydrogens is 1870 g/mol. The molecule has 0 spiro atoms. The van der Waals surface area contributed by atoms with Gasteiger partial charge in [-0.15, -0.1) is 0 Å². The predicted molar refractivity (Wildman–Crippen MR) is 640 cm³/mol. The average molecular weight is 2080 g/mol. The summed E-state index contributed by atoms with van der Waals surface area (Å²) in [4.78, 5) is 57.0. The number of hydrogen-bond donors (Lipinski definition) is 8. The van der Waals surface area contributed by atoms with E-state index in [1.807, 2.05) is 142 Å². The van der Waals surface area contributed by atoms with Crippen molar-refractivity contribution in [3.63, 3.8) is 0 Å². The van der Waals surface area contributed by atoms with E-state index in [2.05, 4.69) is 387 Å². The first-order valence-corrected chi connectivity index (χ1v) is 56.6. The van der Waals surface area contributed by atoms with Gasteiger partial charge < -0.3 is 57.2 Å². The number of nitrogens with zero attached hydrogens (tertiary/aromatic N) is 17. The van der Waals surface area contributed by atoms with Gasteiger partial charge in [-0.1, -0.05) is 195 Å². The van der Waals surface area contributed by atoms with Crippen molar-refractivity contribution in [2.24, 2.45) is 0 Å². The molecule has 4 aliphatic heterocycles. The zero-order valence-corrected chi connectivity index (χ0v) is 99.4. The number of nitrogens with one attached hydrogen (secondary N) is 8. The molecule has 14 rings (SSSR count). The quantitative estimate of drug-likeness (QED) is 0.0167. The fourth-order valence-electron chi connectivity index (χ4n) is 15.1. The lowest BCUT2D eigenvalue weighted by Crippen LogP contribution is -2.50. The van der Waals surface area contributed by atoms with Crippen LogP contribution in [0, 0.1) is 6.92 Å². The van der Waals surface area contributed by atoms with Gasteiger partial charge in [0.1, 0.15) is 5.15 Å². The summed E-state index contributed by atoms with van der Waals surface area (Å²) in [5.41, 5.74) is 13.9. The first kappa shape index (κ1) is 135.